The summed E-state index contributed by atoms with van der Waals surface area (Å²) in [7, 11) is 0. The number of hydrogen-bond donors (Lipinski definition) is 2. The molecule has 0 aromatic rings. The number of nitrogens with zero attached hydrogens (tertiary/aromatic N) is 1. The van der Waals surface area contributed by atoms with Gasteiger partial charge in [0.05, 0.1) is 18.7 Å². The van der Waals surface area contributed by atoms with Crippen LogP contribution in [0, 0.1) is 5.92 Å². The van der Waals surface area contributed by atoms with Crippen LogP contribution in [0.2, 0.25) is 0 Å². The Morgan fingerprint density at radius 1 is 1.44 bits per heavy atom. The number of hydrogen-bond acceptors (Lipinski definition) is 3. The van der Waals surface area contributed by atoms with Crippen LogP contribution in [0.25, 0.3) is 0 Å². The van der Waals surface area contributed by atoms with Crippen LogP contribution in [0.15, 0.2) is 0 Å². The molecule has 94 valence electrons. The first-order chi connectivity index (χ1) is 7.57. The summed E-state index contributed by atoms with van der Waals surface area (Å²) < 4.78 is 0. The van der Waals surface area contributed by atoms with Crippen molar-refractivity contribution >= 4 is 5.91 Å². The van der Waals surface area contributed by atoms with Crippen molar-refractivity contribution in [1.82, 2.24) is 4.90 Å². The van der Waals surface area contributed by atoms with Crippen LogP contribution in [-0.4, -0.2) is 41.1 Å². The monoisotopic (exact) mass is 228 g/mol. The minimum Gasteiger partial charge on any atom is -0.394 e. The summed E-state index contributed by atoms with van der Waals surface area (Å²) in [4.78, 5) is 13.9. The average Bonchev–Trinajstić information content (AvgIpc) is 2.51. The topological polar surface area (TPSA) is 66.6 Å². The molecule has 1 fully saturated rings. The molecule has 2 atom stereocenters. The molecule has 16 heavy (non-hydrogen) atoms. The number of carbonyl (C=O) groups excluding carboxylic acids is 1. The average molecular weight is 228 g/mol. The molecule has 1 amide bonds. The van der Waals surface area contributed by atoms with E-state index in [1.165, 1.54) is 0 Å². The maximum absolute atomic E-state index is 12.2. The highest BCUT2D eigenvalue weighted by Crippen LogP contribution is 2.18. The lowest BCUT2D eigenvalue weighted by Crippen LogP contribution is -2.51. The van der Waals surface area contributed by atoms with Crippen molar-refractivity contribution in [2.45, 2.75) is 51.6 Å². The molecule has 0 saturated carbocycles. The predicted molar refractivity (Wildman–Crippen MR) is 63.9 cm³/mol. The van der Waals surface area contributed by atoms with Crippen LogP contribution in [0.3, 0.4) is 0 Å². The first kappa shape index (κ1) is 13.5. The first-order valence-corrected chi connectivity index (χ1v) is 6.24. The van der Waals surface area contributed by atoms with Crippen LogP contribution in [-0.2, 0) is 4.79 Å². The smallest absolute Gasteiger partial charge is 0.240 e. The number of aliphatic hydroxyl groups excluding tert-OH is 1. The first-order valence-electron chi connectivity index (χ1n) is 6.24. The second kappa shape index (κ2) is 6.21. The molecule has 1 saturated heterocycles. The zero-order chi connectivity index (χ0) is 12.1. The minimum atomic E-state index is -0.438. The van der Waals surface area contributed by atoms with Gasteiger partial charge in [-0.15, -0.1) is 0 Å². The fourth-order valence-electron chi connectivity index (χ4n) is 2.13. The summed E-state index contributed by atoms with van der Waals surface area (Å²) in [6, 6.07) is -0.466. The molecule has 0 aromatic heterocycles. The maximum atomic E-state index is 12.2. The fraction of sp³-hybridized carbons (Fsp3) is 0.917. The van der Waals surface area contributed by atoms with Gasteiger partial charge in [-0.25, -0.2) is 0 Å². The molecule has 4 heteroatoms. The summed E-state index contributed by atoms with van der Waals surface area (Å²) in [5.74, 6) is 0.144. The summed E-state index contributed by atoms with van der Waals surface area (Å²) in [6.07, 6.45) is 4.14. The molecule has 1 aliphatic heterocycles. The van der Waals surface area contributed by atoms with Gasteiger partial charge in [-0.05, 0) is 18.8 Å². The third kappa shape index (κ3) is 3.19. The molecule has 0 aromatic carbocycles. The molecule has 1 aliphatic rings. The van der Waals surface area contributed by atoms with E-state index in [0.29, 0.717) is 0 Å². The Labute approximate surface area is 97.8 Å². The standard InChI is InChI=1S/C12H24N2O2/c1-9(2)11(13)12(16)14-7-5-3-4-6-10(14)8-15/h9-11,15H,3-8,13H2,1-2H3. The number of aliphatic hydroxyl groups is 1. The van der Waals surface area contributed by atoms with Crippen LogP contribution < -0.4 is 5.73 Å². The number of nitrogens with two attached hydrogens (primary N) is 1. The van der Waals surface area contributed by atoms with E-state index in [0.717, 1.165) is 32.2 Å². The lowest BCUT2D eigenvalue weighted by atomic mass is 10.0. The molecule has 1 heterocycles. The van der Waals surface area contributed by atoms with Crippen molar-refractivity contribution in [3.63, 3.8) is 0 Å². The van der Waals surface area contributed by atoms with Gasteiger partial charge in [0.2, 0.25) is 5.91 Å². The Bertz CT molecular complexity index is 231. The molecule has 0 aliphatic carbocycles. The van der Waals surface area contributed by atoms with Gasteiger partial charge in [-0.3, -0.25) is 4.79 Å². The maximum Gasteiger partial charge on any atom is 0.240 e. The molecule has 2 unspecified atom stereocenters. The van der Waals surface area contributed by atoms with Gasteiger partial charge in [0.15, 0.2) is 0 Å². The van der Waals surface area contributed by atoms with Crippen LogP contribution in [0.4, 0.5) is 0 Å². The SMILES string of the molecule is CC(C)C(N)C(=O)N1CCCCCC1CO. The molecular weight excluding hydrogens is 204 g/mol. The molecule has 0 bridgehead atoms. The van der Waals surface area contributed by atoms with Crippen molar-refractivity contribution in [2.24, 2.45) is 11.7 Å². The molecular formula is C12H24N2O2. The second-order valence-electron chi connectivity index (χ2n) is 4.99. The highest BCUT2D eigenvalue weighted by molar-refractivity contribution is 5.82. The zero-order valence-corrected chi connectivity index (χ0v) is 10.4. The molecule has 4 nitrogen and oxygen atoms in total. The van der Waals surface area contributed by atoms with E-state index in [4.69, 9.17) is 5.73 Å². The Hall–Kier alpha value is -0.610. The van der Waals surface area contributed by atoms with Gasteiger partial charge < -0.3 is 15.7 Å². The Morgan fingerprint density at radius 2 is 2.12 bits per heavy atom. The normalized spacial score (nSPS) is 24.3. The Morgan fingerprint density at radius 3 is 2.69 bits per heavy atom. The van der Waals surface area contributed by atoms with Crippen LogP contribution in [0.5, 0.6) is 0 Å². The highest BCUT2D eigenvalue weighted by atomic mass is 16.3. The zero-order valence-electron chi connectivity index (χ0n) is 10.4. The summed E-state index contributed by atoms with van der Waals surface area (Å²) in [5, 5.41) is 9.32. The fourth-order valence-corrected chi connectivity index (χ4v) is 2.13. The van der Waals surface area contributed by atoms with Crippen molar-refractivity contribution in [2.75, 3.05) is 13.2 Å². The van der Waals surface area contributed by atoms with E-state index in [-0.39, 0.29) is 24.5 Å². The number of carbonyl (C=O) groups is 1. The number of rotatable bonds is 3. The van der Waals surface area contributed by atoms with E-state index in [1.807, 2.05) is 13.8 Å². The van der Waals surface area contributed by atoms with Crippen molar-refractivity contribution < 1.29 is 9.90 Å². The van der Waals surface area contributed by atoms with Crippen LogP contribution in [0.1, 0.15) is 39.5 Å². The summed E-state index contributed by atoms with van der Waals surface area (Å²) in [6.45, 7) is 4.70. The van der Waals surface area contributed by atoms with E-state index >= 15 is 0 Å². The van der Waals surface area contributed by atoms with Gasteiger partial charge in [-0.2, -0.15) is 0 Å². The minimum absolute atomic E-state index is 0.00375. The Kier molecular flexibility index (Phi) is 5.22. The molecule has 3 N–H and O–H groups in total. The summed E-state index contributed by atoms with van der Waals surface area (Å²) in [5.41, 5.74) is 5.89. The lowest BCUT2D eigenvalue weighted by molar-refractivity contribution is -0.136. The number of likely N-dealkylation sites (tertiary alicyclic amines) is 1. The second-order valence-corrected chi connectivity index (χ2v) is 4.99. The molecule has 1 rings (SSSR count). The predicted octanol–water partition coefficient (Wildman–Crippen LogP) is 0.733. The van der Waals surface area contributed by atoms with Gasteiger partial charge in [0, 0.05) is 6.54 Å². The Balaban J connectivity index is 2.69. The van der Waals surface area contributed by atoms with Gasteiger partial charge in [0.25, 0.3) is 0 Å². The van der Waals surface area contributed by atoms with E-state index in [2.05, 4.69) is 0 Å². The van der Waals surface area contributed by atoms with Crippen molar-refractivity contribution in [1.29, 1.82) is 0 Å². The van der Waals surface area contributed by atoms with E-state index < -0.39 is 6.04 Å². The highest BCUT2D eigenvalue weighted by Gasteiger charge is 2.29. The quantitative estimate of drug-likeness (QED) is 0.748. The van der Waals surface area contributed by atoms with E-state index in [1.54, 1.807) is 4.90 Å². The van der Waals surface area contributed by atoms with E-state index in [9.17, 15) is 9.90 Å². The molecule has 0 spiro atoms. The van der Waals surface area contributed by atoms with Crippen molar-refractivity contribution in [3.05, 3.63) is 0 Å². The van der Waals surface area contributed by atoms with Crippen LogP contribution >= 0.6 is 0 Å². The van der Waals surface area contributed by atoms with Gasteiger partial charge in [-0.1, -0.05) is 26.7 Å². The molecule has 0 radical (unpaired) electrons. The third-order valence-corrected chi connectivity index (χ3v) is 3.37. The third-order valence-electron chi connectivity index (χ3n) is 3.37. The summed E-state index contributed by atoms with van der Waals surface area (Å²) >= 11 is 0. The number of amides is 1. The lowest BCUT2D eigenvalue weighted by Gasteiger charge is -2.32. The largest absolute Gasteiger partial charge is 0.394 e. The van der Waals surface area contributed by atoms with Gasteiger partial charge >= 0.3 is 0 Å². The van der Waals surface area contributed by atoms with Gasteiger partial charge in [0.1, 0.15) is 0 Å². The van der Waals surface area contributed by atoms with Crippen molar-refractivity contribution in [3.8, 4) is 0 Å².